The monoisotopic (exact) mass is 1520 g/mol. The molecule has 7 rings (SSSR count). The third kappa shape index (κ3) is 36.2. The molecule has 4 fully saturated rings. The van der Waals surface area contributed by atoms with Crippen molar-refractivity contribution >= 4 is 127 Å². The number of rotatable bonds is 11. The number of ether oxygens (including phenoxy) is 3. The summed E-state index contributed by atoms with van der Waals surface area (Å²) in [4.78, 5) is 21.4. The minimum atomic E-state index is -0.350. The topological polar surface area (TPSA) is 135 Å². The number of aliphatic hydroxyl groups is 2. The standard InChI is InChI=1S/C11H12Br2O.C11H13BrO2.C7H4BrFO.2C4H8O.CH2O3.Br3P.2Cs.H/c12-6-9-3-4-10(5-11(9)13)14-7-8-1-2-8;12-11-5-10(4-3-9(11)6-13)14-7-8-1-2-8;8-7-3-6(9)2-1-5(7)4-10;5-3-4-1-2-4;1-2-4-5-3-1;2-1-4-3;1-4(2)3;;;/h3-5,8H,1-2,6-7H2;3-5,8,13H,1-2,6-7H2;1-4H;4-5H,1-3H2;1-4H2;1,3H;;;;/q;;;;;;;2*+1;-1/p-1. The third-order valence-electron chi connectivity index (χ3n) is 7.64. The number of benzene rings is 3. The summed E-state index contributed by atoms with van der Waals surface area (Å²) in [6, 6.07) is 15.8. The second kappa shape index (κ2) is 41.3. The van der Waals surface area contributed by atoms with Crippen molar-refractivity contribution in [3.05, 3.63) is 90.5 Å². The zero-order valence-corrected chi connectivity index (χ0v) is 57.0. The molecule has 0 radical (unpaired) electrons. The number of alkyl halides is 1. The Hall–Kier alpha value is 4.06. The molecule has 4 aliphatic rings. The fourth-order valence-electron chi connectivity index (χ4n) is 3.88. The number of aliphatic hydroxyl groups excluding tert-OH is 2. The minimum Gasteiger partial charge on any atom is -1.00 e. The van der Waals surface area contributed by atoms with Crippen molar-refractivity contribution in [3.63, 3.8) is 0 Å². The maximum Gasteiger partial charge on any atom is 1.00 e. The molecule has 0 bridgehead atoms. The molecule has 0 atom stereocenters. The van der Waals surface area contributed by atoms with Crippen LogP contribution in [-0.2, 0) is 26.4 Å². The van der Waals surface area contributed by atoms with Gasteiger partial charge in [0.05, 0.1) is 19.8 Å². The van der Waals surface area contributed by atoms with E-state index in [4.69, 9.17) is 34.5 Å². The Morgan fingerprint density at radius 3 is 1.48 bits per heavy atom. The molecule has 3 aromatic carbocycles. The summed E-state index contributed by atoms with van der Waals surface area (Å²) in [7, 11) is 0. The van der Waals surface area contributed by atoms with Crippen LogP contribution in [0, 0.1) is 23.6 Å². The van der Waals surface area contributed by atoms with Gasteiger partial charge in [-0.15, -0.1) is 0 Å². The summed E-state index contributed by atoms with van der Waals surface area (Å²) in [5.41, 5.74) is 2.61. The van der Waals surface area contributed by atoms with Crippen molar-refractivity contribution in [2.45, 2.75) is 63.3 Å². The molecule has 0 spiro atoms. The first-order chi connectivity index (χ1) is 26.9. The Balaban J connectivity index is -0.000000652. The molecule has 3 aromatic rings. The van der Waals surface area contributed by atoms with Crippen LogP contribution in [0.25, 0.3) is 0 Å². The van der Waals surface area contributed by atoms with Gasteiger partial charge in [0.1, 0.15) is 21.3 Å². The van der Waals surface area contributed by atoms with E-state index in [9.17, 15) is 9.18 Å². The molecule has 316 valence electrons. The minimum absolute atomic E-state index is 0. The maximum absolute atomic E-state index is 12.3. The van der Waals surface area contributed by atoms with Gasteiger partial charge in [0, 0.05) is 44.1 Å². The smallest absolute Gasteiger partial charge is 1.00 e. The van der Waals surface area contributed by atoms with Crippen molar-refractivity contribution in [1.82, 2.24) is 0 Å². The summed E-state index contributed by atoms with van der Waals surface area (Å²) < 4.78 is 30.9. The molecular formula is C38H47Br7Cs2FO9P. The van der Waals surface area contributed by atoms with Crippen molar-refractivity contribution in [1.29, 1.82) is 0 Å². The van der Waals surface area contributed by atoms with Crippen LogP contribution in [-0.4, -0.2) is 56.0 Å². The number of hydrogen-bond acceptors (Lipinski definition) is 9. The molecule has 0 amide bonds. The number of halogens is 8. The largest absolute Gasteiger partial charge is 1.00 e. The van der Waals surface area contributed by atoms with Crippen LogP contribution in [0.2, 0.25) is 0 Å². The average Bonchev–Trinajstić information content (AvgIpc) is 4.10. The average molecular weight is 1520 g/mol. The maximum atomic E-state index is 12.3. The molecular weight excluding hydrogens is 1480 g/mol. The molecule has 9 nitrogen and oxygen atoms in total. The summed E-state index contributed by atoms with van der Waals surface area (Å²) >= 11 is 22.9. The zero-order chi connectivity index (χ0) is 41.7. The first kappa shape index (κ1) is 64.1. The third-order valence-corrected chi connectivity index (χ3v) is 10.4. The van der Waals surface area contributed by atoms with E-state index in [-0.39, 0.29) is 162 Å². The molecule has 3 aliphatic carbocycles. The summed E-state index contributed by atoms with van der Waals surface area (Å²) in [6.45, 7) is 3.99. The van der Waals surface area contributed by atoms with E-state index in [1.54, 1.807) is 0 Å². The number of carbonyl (C=O) groups is 2. The molecule has 58 heavy (non-hydrogen) atoms. The van der Waals surface area contributed by atoms with Gasteiger partial charge in [-0.1, -0.05) is 59.9 Å². The van der Waals surface area contributed by atoms with E-state index in [1.165, 1.54) is 75.1 Å². The van der Waals surface area contributed by atoms with Crippen LogP contribution in [0.1, 0.15) is 74.3 Å². The molecule has 1 saturated heterocycles. The molecule has 20 heteroatoms. The van der Waals surface area contributed by atoms with Crippen molar-refractivity contribution < 1.29 is 188 Å². The van der Waals surface area contributed by atoms with Crippen LogP contribution < -0.4 is 153 Å². The van der Waals surface area contributed by atoms with Crippen molar-refractivity contribution in [2.75, 3.05) is 33.0 Å². The van der Waals surface area contributed by atoms with Gasteiger partial charge >= 0.3 is 138 Å². The Bertz CT molecular complexity index is 1460. The van der Waals surface area contributed by atoms with E-state index < -0.39 is 0 Å². The Morgan fingerprint density at radius 1 is 0.759 bits per heavy atom. The van der Waals surface area contributed by atoms with Gasteiger partial charge in [0.2, 0.25) is 0 Å². The number of aldehydes is 1. The molecule has 3 saturated carbocycles. The second-order valence-electron chi connectivity index (χ2n) is 12.4. The Kier molecular flexibility index (Phi) is 45.6. The normalized spacial score (nSPS) is 14.2. The van der Waals surface area contributed by atoms with Crippen molar-refractivity contribution in [3.8, 4) is 11.5 Å². The molecule has 0 unspecified atom stereocenters. The van der Waals surface area contributed by atoms with Gasteiger partial charge in [-0.3, -0.25) is 9.59 Å². The molecule has 1 heterocycles. The van der Waals surface area contributed by atoms with Crippen LogP contribution in [0.3, 0.4) is 0 Å². The first-order valence-electron chi connectivity index (χ1n) is 17.5. The van der Waals surface area contributed by atoms with Crippen LogP contribution in [0.4, 0.5) is 4.39 Å². The fourth-order valence-corrected chi connectivity index (χ4v) is 6.17. The Labute approximate surface area is 520 Å². The van der Waals surface area contributed by atoms with Crippen LogP contribution >= 0.6 is 114 Å². The van der Waals surface area contributed by atoms with E-state index in [0.717, 1.165) is 69.6 Å². The molecule has 0 aromatic heterocycles. The van der Waals surface area contributed by atoms with Crippen molar-refractivity contribution in [2.24, 2.45) is 17.8 Å². The van der Waals surface area contributed by atoms with Gasteiger partial charge < -0.3 is 36.0 Å². The van der Waals surface area contributed by atoms with Gasteiger partial charge in [0.15, 0.2) is 6.29 Å². The van der Waals surface area contributed by atoms with Gasteiger partial charge in [-0.05, 0) is 185 Å². The number of carbonyl (C=O) groups excluding carboxylic acids is 2. The summed E-state index contributed by atoms with van der Waals surface area (Å²) in [5.74, 6) is 3.76. The molecule has 1 aliphatic heterocycles. The second-order valence-corrected chi connectivity index (χ2v) is 30.9. The van der Waals surface area contributed by atoms with E-state index >= 15 is 0 Å². The first-order valence-corrected chi connectivity index (χ1v) is 28.4. The van der Waals surface area contributed by atoms with E-state index in [1.807, 2.05) is 30.3 Å². The zero-order valence-electron chi connectivity index (χ0n) is 33.4. The van der Waals surface area contributed by atoms with E-state index in [2.05, 4.69) is 121 Å². The quantitative estimate of drug-likeness (QED) is 0.0736. The van der Waals surface area contributed by atoms with Crippen LogP contribution in [0.15, 0.2) is 68.0 Å². The van der Waals surface area contributed by atoms with Gasteiger partial charge in [0.25, 0.3) is 6.47 Å². The predicted octanol–water partition coefficient (Wildman–Crippen LogP) is 6.40. The number of hydrogen-bond donors (Lipinski definition) is 2. The predicted molar refractivity (Wildman–Crippen MR) is 245 cm³/mol. The van der Waals surface area contributed by atoms with Gasteiger partial charge in [-0.25, -0.2) is 4.39 Å². The summed E-state index contributed by atoms with van der Waals surface area (Å²) in [6.07, 6.45) is 11.0. The van der Waals surface area contributed by atoms with Crippen LogP contribution in [0.5, 0.6) is 11.5 Å². The summed E-state index contributed by atoms with van der Waals surface area (Å²) in [5, 5.41) is 26.5. The fraction of sp³-hybridized carbons (Fsp3) is 0.474. The van der Waals surface area contributed by atoms with E-state index in [0.29, 0.717) is 28.8 Å². The molecule has 2 N–H and O–H groups in total. The van der Waals surface area contributed by atoms with Gasteiger partial charge in [-0.2, -0.15) is 0 Å². The Morgan fingerprint density at radius 2 is 1.21 bits per heavy atom. The SMILES string of the molecule is BrCc1ccc(OCC2CC2)cc1Br.BrP(Br)Br.C1CCOC1.O=CO[O-].O=Cc1ccc(F)cc1Br.OCC1CC1.OCc1ccc(OCC2CC2)cc1Br.[Cs+].[Cs+].[H-].